The van der Waals surface area contributed by atoms with Gasteiger partial charge in [0.05, 0.1) is 23.7 Å². The van der Waals surface area contributed by atoms with E-state index in [1.54, 1.807) is 24.3 Å². The number of methoxy groups -OCH3 is 1. The lowest BCUT2D eigenvalue weighted by Crippen LogP contribution is -2.35. The molecule has 2 aliphatic carbocycles. The maximum Gasteiger partial charge on any atom is 0.262 e. The van der Waals surface area contributed by atoms with E-state index in [-0.39, 0.29) is 16.8 Å². The van der Waals surface area contributed by atoms with E-state index in [1.165, 1.54) is 49.6 Å². The highest BCUT2D eigenvalue weighted by atomic mass is 32.2. The molecule has 4 aromatic rings. The van der Waals surface area contributed by atoms with Crippen molar-refractivity contribution < 1.29 is 17.9 Å². The van der Waals surface area contributed by atoms with Crippen LogP contribution >= 0.6 is 0 Å². The van der Waals surface area contributed by atoms with Gasteiger partial charge in [0.25, 0.3) is 15.9 Å². The summed E-state index contributed by atoms with van der Waals surface area (Å²) in [6.45, 7) is 1.88. The van der Waals surface area contributed by atoms with Gasteiger partial charge in [0.15, 0.2) is 0 Å². The van der Waals surface area contributed by atoms with Crippen molar-refractivity contribution in [2.24, 2.45) is 17.8 Å². The molecule has 2 saturated carbocycles. The van der Waals surface area contributed by atoms with Crippen LogP contribution in [0, 0.1) is 24.7 Å². The number of hydrogen-bond donors (Lipinski definition) is 3. The molecule has 0 unspecified atom stereocenters. The van der Waals surface area contributed by atoms with Gasteiger partial charge in [0.2, 0.25) is 0 Å². The number of sulfonamides is 1. The van der Waals surface area contributed by atoms with E-state index in [2.05, 4.69) is 51.8 Å². The molecular formula is C35H35N3O4S. The van der Waals surface area contributed by atoms with Gasteiger partial charge in [-0.1, -0.05) is 36.4 Å². The summed E-state index contributed by atoms with van der Waals surface area (Å²) < 4.78 is 34.1. The molecule has 43 heavy (non-hydrogen) atoms. The van der Waals surface area contributed by atoms with Gasteiger partial charge in [-0.3, -0.25) is 9.52 Å². The Morgan fingerprint density at radius 3 is 2.44 bits per heavy atom. The molecule has 7 nitrogen and oxygen atoms in total. The van der Waals surface area contributed by atoms with Crippen LogP contribution in [0.25, 0.3) is 0 Å². The summed E-state index contributed by atoms with van der Waals surface area (Å²) in [6.07, 6.45) is 3.80. The van der Waals surface area contributed by atoms with Gasteiger partial charge in [-0.2, -0.15) is 0 Å². The van der Waals surface area contributed by atoms with Crippen LogP contribution < -0.4 is 20.1 Å². The van der Waals surface area contributed by atoms with Gasteiger partial charge in [0.1, 0.15) is 5.75 Å². The lowest BCUT2D eigenvalue weighted by Gasteiger charge is -2.43. The summed E-state index contributed by atoms with van der Waals surface area (Å²) in [7, 11) is -2.36. The van der Waals surface area contributed by atoms with E-state index in [1.807, 2.05) is 25.1 Å². The molecular weight excluding hydrogens is 558 g/mol. The maximum absolute atomic E-state index is 13.4. The SMILES string of the molecule is COc1ccc(C)cc1NS(=O)(=O)c1ccc(NC(=O)c2ccc3c(c2)[C@@H]2[C@H]4CC[C@@H](C4)[C@H]2[C@@H](c2ccccc2)N3)cc1. The molecule has 1 heterocycles. The van der Waals surface area contributed by atoms with Crippen LogP contribution in [0.1, 0.15) is 58.3 Å². The quantitative estimate of drug-likeness (QED) is 0.208. The van der Waals surface area contributed by atoms with E-state index in [4.69, 9.17) is 4.74 Å². The second-order valence-electron chi connectivity index (χ2n) is 12.1. The summed E-state index contributed by atoms with van der Waals surface area (Å²) in [5, 5.41) is 6.78. The molecule has 7 rings (SSSR count). The molecule has 220 valence electrons. The summed E-state index contributed by atoms with van der Waals surface area (Å²) in [6, 6.07) is 28.5. The number of benzene rings is 4. The summed E-state index contributed by atoms with van der Waals surface area (Å²) >= 11 is 0. The predicted molar refractivity (Wildman–Crippen MR) is 169 cm³/mol. The zero-order chi connectivity index (χ0) is 29.7. The third-order valence-corrected chi connectivity index (χ3v) is 10.9. The molecule has 4 aromatic carbocycles. The Labute approximate surface area is 252 Å². The molecule has 0 spiro atoms. The predicted octanol–water partition coefficient (Wildman–Crippen LogP) is 7.35. The lowest BCUT2D eigenvalue weighted by molar-refractivity contribution is 0.102. The van der Waals surface area contributed by atoms with Gasteiger partial charge in [-0.15, -0.1) is 0 Å². The lowest BCUT2D eigenvalue weighted by atomic mass is 9.68. The number of amides is 1. The van der Waals surface area contributed by atoms with Gasteiger partial charge in [-0.05, 0) is 121 Å². The second kappa shape index (κ2) is 10.8. The minimum Gasteiger partial charge on any atom is -0.495 e. The fourth-order valence-electron chi connectivity index (χ4n) is 7.64. The Morgan fingerprint density at radius 2 is 1.67 bits per heavy atom. The van der Waals surface area contributed by atoms with Gasteiger partial charge < -0.3 is 15.4 Å². The average Bonchev–Trinajstić information content (AvgIpc) is 3.64. The fraction of sp³-hybridized carbons (Fsp3) is 0.286. The Morgan fingerprint density at radius 1 is 0.907 bits per heavy atom. The molecule has 0 aromatic heterocycles. The van der Waals surface area contributed by atoms with Crippen molar-refractivity contribution >= 4 is 33.0 Å². The fourth-order valence-corrected chi connectivity index (χ4v) is 8.70. The Hall–Kier alpha value is -4.30. The van der Waals surface area contributed by atoms with E-state index in [0.29, 0.717) is 46.4 Å². The van der Waals surface area contributed by atoms with E-state index >= 15 is 0 Å². The minimum atomic E-state index is -3.86. The van der Waals surface area contributed by atoms with Crippen LogP contribution in [0.4, 0.5) is 17.1 Å². The third kappa shape index (κ3) is 5.03. The number of nitrogens with one attached hydrogen (secondary N) is 3. The zero-order valence-electron chi connectivity index (χ0n) is 24.2. The molecule has 1 amide bonds. The van der Waals surface area contributed by atoms with Crippen molar-refractivity contribution in [3.05, 3.63) is 113 Å². The number of ether oxygens (including phenoxy) is 1. The topological polar surface area (TPSA) is 96.5 Å². The van der Waals surface area contributed by atoms with Gasteiger partial charge in [0, 0.05) is 16.9 Å². The largest absolute Gasteiger partial charge is 0.495 e. The first-order chi connectivity index (χ1) is 20.8. The molecule has 5 atom stereocenters. The molecule has 8 heteroatoms. The average molecular weight is 594 g/mol. The monoisotopic (exact) mass is 593 g/mol. The van der Waals surface area contributed by atoms with Crippen molar-refractivity contribution in [3.8, 4) is 5.75 Å². The molecule has 3 aliphatic rings. The standard InChI is InChI=1S/C35H35N3O4S/c1-21-8-17-31(42-2)30(18-21)38-43(40,41)27-14-12-26(13-15-27)36-35(39)25-11-16-29-28(20-25)32-23-9-10-24(19-23)33(32)34(37-29)22-6-4-3-5-7-22/h3-8,11-18,20,23-24,32-34,37-38H,9-10,19H2,1-2H3,(H,36,39)/t23-,24-,32-,33+,34+/m0/s1. The van der Waals surface area contributed by atoms with Crippen molar-refractivity contribution in [3.63, 3.8) is 0 Å². The number of fused-ring (bicyclic) bond motifs is 7. The molecule has 3 N–H and O–H groups in total. The highest BCUT2D eigenvalue weighted by Gasteiger charge is 2.53. The summed E-state index contributed by atoms with van der Waals surface area (Å²) in [4.78, 5) is 13.5. The Kier molecular flexibility index (Phi) is 6.89. The van der Waals surface area contributed by atoms with Crippen molar-refractivity contribution in [2.75, 3.05) is 22.5 Å². The van der Waals surface area contributed by atoms with Crippen LogP contribution in [0.5, 0.6) is 5.75 Å². The molecule has 2 fully saturated rings. The van der Waals surface area contributed by atoms with Gasteiger partial charge in [-0.25, -0.2) is 8.42 Å². The van der Waals surface area contributed by atoms with Crippen molar-refractivity contribution in [1.82, 2.24) is 0 Å². The number of rotatable bonds is 7. The van der Waals surface area contributed by atoms with Crippen LogP contribution in [0.2, 0.25) is 0 Å². The van der Waals surface area contributed by atoms with Crippen LogP contribution in [-0.2, 0) is 10.0 Å². The van der Waals surface area contributed by atoms with E-state index in [9.17, 15) is 13.2 Å². The van der Waals surface area contributed by atoms with Crippen LogP contribution in [-0.4, -0.2) is 21.4 Å². The number of hydrogen-bond acceptors (Lipinski definition) is 5. The molecule has 0 saturated heterocycles. The van der Waals surface area contributed by atoms with Gasteiger partial charge >= 0.3 is 0 Å². The second-order valence-corrected chi connectivity index (χ2v) is 13.7. The molecule has 0 radical (unpaired) electrons. The highest BCUT2D eigenvalue weighted by molar-refractivity contribution is 7.92. The molecule has 2 bridgehead atoms. The van der Waals surface area contributed by atoms with Crippen LogP contribution in [0.15, 0.2) is 95.9 Å². The summed E-state index contributed by atoms with van der Waals surface area (Å²) in [5.41, 5.74) is 6.09. The first kappa shape index (κ1) is 27.5. The van der Waals surface area contributed by atoms with E-state index < -0.39 is 10.0 Å². The molecule has 1 aliphatic heterocycles. The first-order valence-electron chi connectivity index (χ1n) is 14.8. The van der Waals surface area contributed by atoms with Crippen LogP contribution in [0.3, 0.4) is 0 Å². The zero-order valence-corrected chi connectivity index (χ0v) is 25.0. The Bertz CT molecular complexity index is 1790. The normalized spacial score (nSPS) is 23.5. The summed E-state index contributed by atoms with van der Waals surface area (Å²) in [5.74, 6) is 2.54. The third-order valence-electron chi connectivity index (χ3n) is 9.53. The maximum atomic E-state index is 13.4. The number of aryl methyl sites for hydroxylation is 1. The highest BCUT2D eigenvalue weighted by Crippen LogP contribution is 2.63. The van der Waals surface area contributed by atoms with Crippen molar-refractivity contribution in [1.29, 1.82) is 0 Å². The van der Waals surface area contributed by atoms with E-state index in [0.717, 1.165) is 11.3 Å². The smallest absolute Gasteiger partial charge is 0.262 e. The first-order valence-corrected chi connectivity index (χ1v) is 16.3. The minimum absolute atomic E-state index is 0.0872. The van der Waals surface area contributed by atoms with Crippen molar-refractivity contribution in [2.45, 2.75) is 43.0 Å². The Balaban J connectivity index is 1.10. The number of carbonyl (C=O) groups excluding carboxylic acids is 1. The number of carbonyl (C=O) groups is 1. The number of anilines is 3.